The Morgan fingerprint density at radius 1 is 1.75 bits per heavy atom. The van der Waals surface area contributed by atoms with Crippen LogP contribution < -0.4 is 0 Å². The summed E-state index contributed by atoms with van der Waals surface area (Å²) in [6, 6.07) is -0.412. The summed E-state index contributed by atoms with van der Waals surface area (Å²) < 4.78 is 5.95. The highest BCUT2D eigenvalue weighted by Crippen LogP contribution is 2.09. The topological polar surface area (TPSA) is 69.9 Å². The Balaban J connectivity index is 2.76. The van der Waals surface area contributed by atoms with Crippen LogP contribution in [0.1, 0.15) is 19.4 Å². The predicted molar refractivity (Wildman–Crippen MR) is 39.2 cm³/mol. The van der Waals surface area contributed by atoms with Gasteiger partial charge in [-0.2, -0.15) is 0 Å². The first-order chi connectivity index (χ1) is 5.79. The minimum atomic E-state index is -0.412. The summed E-state index contributed by atoms with van der Waals surface area (Å²) >= 11 is 0. The standard InChI is InChI=1S/C6H10N4O2/c1-3-5(6(11)12-2)10-4-7-8-9-10/h4-5H,3H2,1-2H3/t5-/m0/s1. The zero-order valence-electron chi connectivity index (χ0n) is 6.97. The third kappa shape index (κ3) is 1.58. The molecule has 0 aliphatic carbocycles. The molecule has 1 rings (SSSR count). The fourth-order valence-corrected chi connectivity index (χ4v) is 0.909. The number of nitrogens with zero attached hydrogens (tertiary/aromatic N) is 4. The second-order valence-corrected chi connectivity index (χ2v) is 2.24. The Hall–Kier alpha value is -1.46. The number of rotatable bonds is 3. The van der Waals surface area contributed by atoms with E-state index in [-0.39, 0.29) is 5.97 Å². The van der Waals surface area contributed by atoms with Gasteiger partial charge < -0.3 is 4.74 Å². The van der Waals surface area contributed by atoms with Crippen molar-refractivity contribution in [1.82, 2.24) is 20.2 Å². The van der Waals surface area contributed by atoms with E-state index in [4.69, 9.17) is 0 Å². The molecule has 0 bridgehead atoms. The van der Waals surface area contributed by atoms with Crippen LogP contribution in [-0.4, -0.2) is 33.3 Å². The molecular weight excluding hydrogens is 160 g/mol. The van der Waals surface area contributed by atoms with Gasteiger partial charge in [0.05, 0.1) is 7.11 Å². The van der Waals surface area contributed by atoms with Crippen LogP contribution in [0.5, 0.6) is 0 Å². The lowest BCUT2D eigenvalue weighted by molar-refractivity contribution is -0.145. The SMILES string of the molecule is CC[C@@H](C(=O)OC)n1cnnn1. The van der Waals surface area contributed by atoms with Crippen molar-refractivity contribution in [2.75, 3.05) is 7.11 Å². The zero-order chi connectivity index (χ0) is 8.97. The molecule has 0 amide bonds. The van der Waals surface area contributed by atoms with E-state index in [1.807, 2.05) is 6.92 Å². The molecule has 0 aliphatic rings. The number of ether oxygens (including phenoxy) is 1. The molecular formula is C6H10N4O2. The first-order valence-corrected chi connectivity index (χ1v) is 3.60. The van der Waals surface area contributed by atoms with Crippen molar-refractivity contribution in [2.24, 2.45) is 0 Å². The monoisotopic (exact) mass is 170 g/mol. The smallest absolute Gasteiger partial charge is 0.330 e. The zero-order valence-corrected chi connectivity index (χ0v) is 6.97. The molecule has 1 atom stereocenters. The maximum atomic E-state index is 11.1. The molecule has 1 aromatic rings. The number of tetrazole rings is 1. The highest BCUT2D eigenvalue weighted by atomic mass is 16.5. The van der Waals surface area contributed by atoms with Crippen molar-refractivity contribution in [3.8, 4) is 0 Å². The maximum Gasteiger partial charge on any atom is 0.330 e. The third-order valence-electron chi connectivity index (χ3n) is 1.54. The minimum absolute atomic E-state index is 0.329. The molecule has 1 heterocycles. The van der Waals surface area contributed by atoms with Gasteiger partial charge in [-0.25, -0.2) is 9.48 Å². The molecule has 0 fully saturated rings. The fraction of sp³-hybridized carbons (Fsp3) is 0.667. The Morgan fingerprint density at radius 2 is 2.50 bits per heavy atom. The van der Waals surface area contributed by atoms with Gasteiger partial charge in [-0.05, 0) is 16.8 Å². The number of hydrogen-bond acceptors (Lipinski definition) is 5. The lowest BCUT2D eigenvalue weighted by atomic mass is 10.2. The van der Waals surface area contributed by atoms with Crippen molar-refractivity contribution >= 4 is 5.97 Å². The number of aromatic nitrogens is 4. The molecule has 0 saturated heterocycles. The third-order valence-corrected chi connectivity index (χ3v) is 1.54. The molecule has 0 unspecified atom stereocenters. The molecule has 0 spiro atoms. The van der Waals surface area contributed by atoms with Crippen molar-refractivity contribution in [3.05, 3.63) is 6.33 Å². The number of hydrogen-bond donors (Lipinski definition) is 0. The van der Waals surface area contributed by atoms with E-state index < -0.39 is 6.04 Å². The van der Waals surface area contributed by atoms with Gasteiger partial charge in [0.25, 0.3) is 0 Å². The normalized spacial score (nSPS) is 12.5. The molecule has 12 heavy (non-hydrogen) atoms. The quantitative estimate of drug-likeness (QED) is 0.587. The molecule has 0 N–H and O–H groups in total. The second-order valence-electron chi connectivity index (χ2n) is 2.24. The first-order valence-electron chi connectivity index (χ1n) is 3.60. The van der Waals surface area contributed by atoms with Crippen LogP contribution in [0.25, 0.3) is 0 Å². The predicted octanol–water partition coefficient (Wildman–Crippen LogP) is -0.203. The Bertz CT molecular complexity index is 246. The molecule has 6 nitrogen and oxygen atoms in total. The average Bonchev–Trinajstić information content (AvgIpc) is 2.58. The average molecular weight is 170 g/mol. The van der Waals surface area contributed by atoms with Crippen molar-refractivity contribution < 1.29 is 9.53 Å². The lowest BCUT2D eigenvalue weighted by Crippen LogP contribution is -2.20. The molecule has 1 aromatic heterocycles. The summed E-state index contributed by atoms with van der Waals surface area (Å²) in [5, 5.41) is 10.5. The Kier molecular flexibility index (Phi) is 2.73. The molecule has 0 radical (unpaired) electrons. The molecule has 0 aliphatic heterocycles. The van der Waals surface area contributed by atoms with Crippen LogP contribution in [-0.2, 0) is 9.53 Å². The first kappa shape index (κ1) is 8.63. The maximum absolute atomic E-state index is 11.1. The number of carbonyl (C=O) groups excluding carboxylic acids is 1. The molecule has 66 valence electrons. The van der Waals surface area contributed by atoms with E-state index >= 15 is 0 Å². The summed E-state index contributed by atoms with van der Waals surface area (Å²) in [5.41, 5.74) is 0. The fourth-order valence-electron chi connectivity index (χ4n) is 0.909. The number of methoxy groups -OCH3 is 1. The van der Waals surface area contributed by atoms with E-state index in [1.165, 1.54) is 18.1 Å². The van der Waals surface area contributed by atoms with Crippen molar-refractivity contribution in [3.63, 3.8) is 0 Å². The van der Waals surface area contributed by atoms with E-state index in [1.54, 1.807) is 0 Å². The molecule has 0 aromatic carbocycles. The van der Waals surface area contributed by atoms with Crippen LogP contribution in [0.3, 0.4) is 0 Å². The van der Waals surface area contributed by atoms with Crippen molar-refractivity contribution in [1.29, 1.82) is 0 Å². The second kappa shape index (κ2) is 3.80. The summed E-state index contributed by atoms with van der Waals surface area (Å²) in [5.74, 6) is -0.329. The van der Waals surface area contributed by atoms with Crippen LogP contribution in [0.2, 0.25) is 0 Å². The van der Waals surface area contributed by atoms with Gasteiger partial charge in [0.2, 0.25) is 0 Å². The van der Waals surface area contributed by atoms with Gasteiger partial charge in [-0.3, -0.25) is 0 Å². The minimum Gasteiger partial charge on any atom is -0.467 e. The van der Waals surface area contributed by atoms with Crippen LogP contribution in [0.4, 0.5) is 0 Å². The van der Waals surface area contributed by atoms with E-state index in [2.05, 4.69) is 20.3 Å². The lowest BCUT2D eigenvalue weighted by Gasteiger charge is -2.10. The highest BCUT2D eigenvalue weighted by Gasteiger charge is 2.19. The summed E-state index contributed by atoms with van der Waals surface area (Å²) in [7, 11) is 1.34. The number of esters is 1. The molecule has 6 heteroatoms. The van der Waals surface area contributed by atoms with Gasteiger partial charge in [-0.1, -0.05) is 6.92 Å². The van der Waals surface area contributed by atoms with Gasteiger partial charge in [0.15, 0.2) is 6.04 Å². The largest absolute Gasteiger partial charge is 0.467 e. The van der Waals surface area contributed by atoms with Crippen molar-refractivity contribution in [2.45, 2.75) is 19.4 Å². The van der Waals surface area contributed by atoms with E-state index in [0.29, 0.717) is 6.42 Å². The van der Waals surface area contributed by atoms with E-state index in [0.717, 1.165) is 0 Å². The van der Waals surface area contributed by atoms with Gasteiger partial charge >= 0.3 is 5.97 Å². The van der Waals surface area contributed by atoms with Crippen LogP contribution in [0, 0.1) is 0 Å². The van der Waals surface area contributed by atoms with Gasteiger partial charge in [0.1, 0.15) is 6.33 Å². The number of carbonyl (C=O) groups is 1. The van der Waals surface area contributed by atoms with E-state index in [9.17, 15) is 4.79 Å². The van der Waals surface area contributed by atoms with Gasteiger partial charge in [-0.15, -0.1) is 5.10 Å². The van der Waals surface area contributed by atoms with Gasteiger partial charge in [0, 0.05) is 0 Å². The van der Waals surface area contributed by atoms with Crippen LogP contribution >= 0.6 is 0 Å². The van der Waals surface area contributed by atoms with Crippen LogP contribution in [0.15, 0.2) is 6.33 Å². The summed E-state index contributed by atoms with van der Waals surface area (Å²) in [6.07, 6.45) is 2.00. The molecule has 0 saturated carbocycles. The highest BCUT2D eigenvalue weighted by molar-refractivity contribution is 5.73. The summed E-state index contributed by atoms with van der Waals surface area (Å²) in [4.78, 5) is 11.1. The Morgan fingerprint density at radius 3 is 2.92 bits per heavy atom. The summed E-state index contributed by atoms with van der Waals surface area (Å²) in [6.45, 7) is 1.86. The Labute approximate surface area is 69.5 Å².